The topological polar surface area (TPSA) is 67.8 Å². The molecule has 0 fully saturated rings. The van der Waals surface area contributed by atoms with Crippen molar-refractivity contribution in [2.45, 2.75) is 17.9 Å². The zero-order valence-electron chi connectivity index (χ0n) is 16.5. The number of rotatable bonds is 4. The number of benzene rings is 3. The fourth-order valence-electron chi connectivity index (χ4n) is 4.49. The van der Waals surface area contributed by atoms with Crippen molar-refractivity contribution >= 4 is 6.09 Å². The minimum Gasteiger partial charge on any atom is -0.493 e. The molecule has 5 heteroatoms. The number of amides is 1. The van der Waals surface area contributed by atoms with Crippen molar-refractivity contribution in [2.75, 3.05) is 19.8 Å². The Morgan fingerprint density at radius 3 is 2.37 bits per heavy atom. The molecule has 1 aliphatic heterocycles. The largest absolute Gasteiger partial charge is 0.493 e. The summed E-state index contributed by atoms with van der Waals surface area (Å²) in [6, 6.07) is 23.8. The van der Waals surface area contributed by atoms with Gasteiger partial charge in [-0.25, -0.2) is 4.79 Å². The van der Waals surface area contributed by atoms with E-state index in [1.807, 2.05) is 48.5 Å². The quantitative estimate of drug-likeness (QED) is 0.688. The number of para-hydroxylation sites is 1. The predicted molar refractivity (Wildman–Crippen MR) is 114 cm³/mol. The zero-order chi connectivity index (χ0) is 20.6. The Morgan fingerprint density at radius 1 is 1.00 bits per heavy atom. The van der Waals surface area contributed by atoms with Crippen LogP contribution in [-0.4, -0.2) is 31.0 Å². The van der Waals surface area contributed by atoms with Gasteiger partial charge in [0.25, 0.3) is 0 Å². The van der Waals surface area contributed by atoms with Crippen molar-refractivity contribution in [1.82, 2.24) is 5.32 Å². The van der Waals surface area contributed by atoms with E-state index >= 15 is 0 Å². The second-order valence-electron chi connectivity index (χ2n) is 7.81. The first-order valence-electron chi connectivity index (χ1n) is 10.2. The minimum atomic E-state index is -1.17. The van der Waals surface area contributed by atoms with Gasteiger partial charge in [-0.15, -0.1) is 0 Å². The highest BCUT2D eigenvalue weighted by Crippen LogP contribution is 2.44. The first-order valence-corrected chi connectivity index (χ1v) is 10.2. The summed E-state index contributed by atoms with van der Waals surface area (Å²) >= 11 is 0. The second-order valence-corrected chi connectivity index (χ2v) is 7.81. The normalized spacial score (nSPS) is 19.2. The van der Waals surface area contributed by atoms with E-state index in [-0.39, 0.29) is 19.1 Å². The number of ether oxygens (including phenoxy) is 2. The van der Waals surface area contributed by atoms with Crippen molar-refractivity contribution in [1.29, 1.82) is 0 Å². The van der Waals surface area contributed by atoms with Crippen molar-refractivity contribution in [2.24, 2.45) is 0 Å². The molecule has 1 atom stereocenters. The molecule has 0 bridgehead atoms. The van der Waals surface area contributed by atoms with Gasteiger partial charge in [0.15, 0.2) is 0 Å². The van der Waals surface area contributed by atoms with Gasteiger partial charge in [-0.3, -0.25) is 0 Å². The van der Waals surface area contributed by atoms with Crippen LogP contribution < -0.4 is 10.1 Å². The van der Waals surface area contributed by atoms with Crippen molar-refractivity contribution in [3.8, 4) is 16.9 Å². The Balaban J connectivity index is 1.26. The molecule has 0 spiro atoms. The maximum atomic E-state index is 12.4. The van der Waals surface area contributed by atoms with E-state index in [0.29, 0.717) is 24.3 Å². The lowest BCUT2D eigenvalue weighted by Crippen LogP contribution is -2.44. The molecule has 2 N–H and O–H groups in total. The molecular weight excluding hydrogens is 378 g/mol. The summed E-state index contributed by atoms with van der Waals surface area (Å²) in [6.45, 7) is 0.724. The van der Waals surface area contributed by atoms with Gasteiger partial charge >= 0.3 is 6.09 Å². The Hall–Kier alpha value is -3.31. The highest BCUT2D eigenvalue weighted by Gasteiger charge is 2.36. The maximum Gasteiger partial charge on any atom is 0.407 e. The first-order chi connectivity index (χ1) is 14.7. The molecule has 5 nitrogen and oxygen atoms in total. The van der Waals surface area contributed by atoms with Crippen LogP contribution in [0.5, 0.6) is 5.75 Å². The molecule has 30 heavy (non-hydrogen) atoms. The maximum absolute atomic E-state index is 12.4. The number of fused-ring (bicyclic) bond motifs is 4. The van der Waals surface area contributed by atoms with Crippen LogP contribution in [0.25, 0.3) is 11.1 Å². The summed E-state index contributed by atoms with van der Waals surface area (Å²) in [6.07, 6.45) is -0.123. The Kier molecular flexibility index (Phi) is 4.68. The SMILES string of the molecule is O=C(NCC1(O)CCOc2ccccc21)OCC1c2ccccc2-c2ccccc21. The van der Waals surface area contributed by atoms with Gasteiger partial charge < -0.3 is 19.9 Å². The van der Waals surface area contributed by atoms with E-state index in [4.69, 9.17) is 9.47 Å². The molecule has 0 saturated heterocycles. The molecule has 1 heterocycles. The van der Waals surface area contributed by atoms with Crippen LogP contribution in [0, 0.1) is 0 Å². The third-order valence-corrected chi connectivity index (χ3v) is 6.03. The lowest BCUT2D eigenvalue weighted by atomic mass is 9.88. The molecule has 2 aliphatic rings. The molecule has 3 aromatic rings. The van der Waals surface area contributed by atoms with Crippen LogP contribution >= 0.6 is 0 Å². The van der Waals surface area contributed by atoms with Gasteiger partial charge in [-0.05, 0) is 28.3 Å². The van der Waals surface area contributed by atoms with Crippen molar-refractivity contribution < 1.29 is 19.4 Å². The summed E-state index contributed by atoms with van der Waals surface area (Å²) in [7, 11) is 0. The molecule has 5 rings (SSSR count). The first kappa shape index (κ1) is 18.7. The van der Waals surface area contributed by atoms with Crippen molar-refractivity contribution in [3.63, 3.8) is 0 Å². The Morgan fingerprint density at radius 2 is 1.63 bits per heavy atom. The zero-order valence-corrected chi connectivity index (χ0v) is 16.5. The van der Waals surface area contributed by atoms with Gasteiger partial charge in [0, 0.05) is 17.9 Å². The Labute approximate surface area is 175 Å². The van der Waals surface area contributed by atoms with Crippen LogP contribution in [0.3, 0.4) is 0 Å². The molecule has 1 unspecified atom stereocenters. The number of aliphatic hydroxyl groups is 1. The Bertz CT molecular complexity index is 1050. The van der Waals surface area contributed by atoms with Gasteiger partial charge in [0.05, 0.1) is 13.2 Å². The highest BCUT2D eigenvalue weighted by molar-refractivity contribution is 5.79. The fraction of sp³-hybridized carbons (Fsp3) is 0.240. The van der Waals surface area contributed by atoms with Crippen LogP contribution in [0.2, 0.25) is 0 Å². The summed E-state index contributed by atoms with van der Waals surface area (Å²) in [5.74, 6) is 0.663. The third-order valence-electron chi connectivity index (χ3n) is 6.03. The molecular formula is C25H23NO4. The van der Waals surface area contributed by atoms with Gasteiger partial charge in [0.1, 0.15) is 18.0 Å². The van der Waals surface area contributed by atoms with E-state index < -0.39 is 11.7 Å². The summed E-state index contributed by atoms with van der Waals surface area (Å²) < 4.78 is 11.2. The molecule has 0 radical (unpaired) electrons. The smallest absolute Gasteiger partial charge is 0.407 e. The standard InChI is InChI=1S/C25H23NO4/c27-24(26-16-25(28)13-14-29-23-12-6-5-11-22(23)25)30-15-21-19-9-3-1-7-17(19)18-8-2-4-10-20(18)21/h1-12,21,28H,13-16H2,(H,26,27). The average Bonchev–Trinajstić information content (AvgIpc) is 3.11. The lowest BCUT2D eigenvalue weighted by Gasteiger charge is -2.34. The van der Waals surface area contributed by atoms with E-state index in [1.165, 1.54) is 22.3 Å². The summed E-state index contributed by atoms with van der Waals surface area (Å²) in [5, 5.41) is 13.8. The van der Waals surface area contributed by atoms with Crippen LogP contribution in [-0.2, 0) is 10.3 Å². The second kappa shape index (κ2) is 7.50. The van der Waals surface area contributed by atoms with Crippen molar-refractivity contribution in [3.05, 3.63) is 89.5 Å². The molecule has 0 saturated carbocycles. The van der Waals surface area contributed by atoms with E-state index in [0.717, 1.165) is 0 Å². The number of hydrogen-bond donors (Lipinski definition) is 2. The van der Waals surface area contributed by atoms with Crippen LogP contribution in [0.15, 0.2) is 72.8 Å². The molecule has 0 aromatic heterocycles. The molecule has 152 valence electrons. The third kappa shape index (κ3) is 3.21. The number of hydrogen-bond acceptors (Lipinski definition) is 4. The molecule has 3 aromatic carbocycles. The van der Waals surface area contributed by atoms with Gasteiger partial charge in [-0.1, -0.05) is 66.7 Å². The number of carbonyl (C=O) groups excluding carboxylic acids is 1. The van der Waals surface area contributed by atoms with E-state index in [2.05, 4.69) is 29.6 Å². The van der Waals surface area contributed by atoms with Gasteiger partial charge in [-0.2, -0.15) is 0 Å². The number of nitrogens with one attached hydrogen (secondary N) is 1. The monoisotopic (exact) mass is 401 g/mol. The molecule has 1 amide bonds. The fourth-order valence-corrected chi connectivity index (χ4v) is 4.49. The van der Waals surface area contributed by atoms with Gasteiger partial charge in [0.2, 0.25) is 0 Å². The number of alkyl carbamates (subject to hydrolysis) is 1. The highest BCUT2D eigenvalue weighted by atomic mass is 16.5. The molecule has 1 aliphatic carbocycles. The summed E-state index contributed by atoms with van der Waals surface area (Å²) in [4.78, 5) is 12.4. The lowest BCUT2D eigenvalue weighted by molar-refractivity contribution is -0.00253. The summed E-state index contributed by atoms with van der Waals surface area (Å²) in [5.41, 5.74) is 4.24. The van der Waals surface area contributed by atoms with Crippen LogP contribution in [0.1, 0.15) is 29.0 Å². The van der Waals surface area contributed by atoms with E-state index in [9.17, 15) is 9.90 Å². The average molecular weight is 401 g/mol. The number of carbonyl (C=O) groups is 1. The minimum absolute atomic E-state index is 0.00930. The van der Waals surface area contributed by atoms with Crippen LogP contribution in [0.4, 0.5) is 4.79 Å². The van der Waals surface area contributed by atoms with E-state index in [1.54, 1.807) is 0 Å². The predicted octanol–water partition coefficient (Wildman–Crippen LogP) is 4.20.